The van der Waals surface area contributed by atoms with Gasteiger partial charge >= 0.3 is 0 Å². The van der Waals surface area contributed by atoms with Gasteiger partial charge in [-0.1, -0.05) is 30.1 Å². The SMILES string of the molecule is CCCN(C(=O)c1c(Cl)ccc(S(N)(=O)=O)c1Cl)C1CC1. The highest BCUT2D eigenvalue weighted by atomic mass is 35.5. The van der Waals surface area contributed by atoms with Gasteiger partial charge in [0.15, 0.2) is 0 Å². The summed E-state index contributed by atoms with van der Waals surface area (Å²) < 4.78 is 23.0. The second-order valence-electron chi connectivity index (χ2n) is 5.01. The standard InChI is InChI=1S/C13H16Cl2N2O3S/c1-2-7-17(8-3-4-8)13(18)11-9(14)5-6-10(12(11)15)21(16,19)20/h5-6,8H,2-4,7H2,1H3,(H2,16,19,20). The highest BCUT2D eigenvalue weighted by Crippen LogP contribution is 2.35. The number of amides is 1. The van der Waals surface area contributed by atoms with Crippen molar-refractivity contribution in [2.75, 3.05) is 6.54 Å². The summed E-state index contributed by atoms with van der Waals surface area (Å²) in [6.07, 6.45) is 2.68. The zero-order valence-electron chi connectivity index (χ0n) is 11.5. The summed E-state index contributed by atoms with van der Waals surface area (Å²) in [5.74, 6) is -0.347. The van der Waals surface area contributed by atoms with Crippen molar-refractivity contribution in [1.29, 1.82) is 0 Å². The monoisotopic (exact) mass is 350 g/mol. The summed E-state index contributed by atoms with van der Waals surface area (Å²) in [5.41, 5.74) is 0.00482. The molecule has 2 rings (SSSR count). The van der Waals surface area contributed by atoms with E-state index in [9.17, 15) is 13.2 Å². The Kier molecular flexibility index (Phi) is 4.82. The number of rotatable bonds is 5. The summed E-state index contributed by atoms with van der Waals surface area (Å²) in [5, 5.41) is 5.02. The maximum atomic E-state index is 12.7. The molecule has 1 aromatic carbocycles. The molecule has 0 spiro atoms. The molecule has 8 heteroatoms. The third kappa shape index (κ3) is 3.51. The van der Waals surface area contributed by atoms with E-state index in [1.807, 2.05) is 6.92 Å². The molecule has 1 aromatic rings. The largest absolute Gasteiger partial charge is 0.336 e. The van der Waals surface area contributed by atoms with Crippen LogP contribution in [0.1, 0.15) is 36.5 Å². The Hall–Kier alpha value is -0.820. The van der Waals surface area contributed by atoms with E-state index in [0.29, 0.717) is 6.54 Å². The van der Waals surface area contributed by atoms with Crippen molar-refractivity contribution < 1.29 is 13.2 Å². The predicted octanol–water partition coefficient (Wildman–Crippen LogP) is 2.66. The molecule has 116 valence electrons. The molecule has 0 aliphatic heterocycles. The third-order valence-electron chi connectivity index (χ3n) is 3.29. The molecule has 1 saturated carbocycles. The lowest BCUT2D eigenvalue weighted by Crippen LogP contribution is -2.34. The third-order valence-corrected chi connectivity index (χ3v) is 5.06. The van der Waals surface area contributed by atoms with Crippen LogP contribution in [-0.2, 0) is 10.0 Å². The van der Waals surface area contributed by atoms with Gasteiger partial charge in [-0.3, -0.25) is 4.79 Å². The maximum absolute atomic E-state index is 12.7. The number of carbonyl (C=O) groups excluding carboxylic acids is 1. The van der Waals surface area contributed by atoms with Crippen LogP contribution in [0.4, 0.5) is 0 Å². The second-order valence-corrected chi connectivity index (χ2v) is 7.32. The Morgan fingerprint density at radius 2 is 2.00 bits per heavy atom. The fourth-order valence-corrected chi connectivity index (χ4v) is 3.63. The van der Waals surface area contributed by atoms with Crippen molar-refractivity contribution in [2.45, 2.75) is 37.1 Å². The first kappa shape index (κ1) is 16.5. The first-order valence-electron chi connectivity index (χ1n) is 6.59. The number of halogens is 2. The van der Waals surface area contributed by atoms with Crippen LogP contribution in [0, 0.1) is 0 Å². The minimum absolute atomic E-state index is 0.00482. The second kappa shape index (κ2) is 6.12. The highest BCUT2D eigenvalue weighted by Gasteiger charge is 2.35. The Labute approximate surface area is 134 Å². The van der Waals surface area contributed by atoms with Gasteiger partial charge in [-0.25, -0.2) is 13.6 Å². The van der Waals surface area contributed by atoms with Crippen molar-refractivity contribution in [3.05, 3.63) is 27.7 Å². The molecule has 1 amide bonds. The molecule has 2 N–H and O–H groups in total. The van der Waals surface area contributed by atoms with Gasteiger partial charge < -0.3 is 4.90 Å². The molecule has 0 heterocycles. The fourth-order valence-electron chi connectivity index (χ4n) is 2.17. The molecule has 0 radical (unpaired) electrons. The number of hydrogen-bond donors (Lipinski definition) is 1. The first-order valence-corrected chi connectivity index (χ1v) is 8.89. The van der Waals surface area contributed by atoms with Crippen LogP contribution in [0.3, 0.4) is 0 Å². The summed E-state index contributed by atoms with van der Waals surface area (Å²) >= 11 is 12.1. The zero-order valence-corrected chi connectivity index (χ0v) is 13.8. The smallest absolute Gasteiger partial charge is 0.257 e. The van der Waals surface area contributed by atoms with E-state index in [4.69, 9.17) is 28.3 Å². The minimum Gasteiger partial charge on any atom is -0.336 e. The number of hydrogen-bond acceptors (Lipinski definition) is 3. The molecule has 21 heavy (non-hydrogen) atoms. The molecule has 0 bridgehead atoms. The lowest BCUT2D eigenvalue weighted by atomic mass is 10.2. The summed E-state index contributed by atoms with van der Waals surface area (Å²) in [6, 6.07) is 2.72. The van der Waals surface area contributed by atoms with Crippen LogP contribution in [0.5, 0.6) is 0 Å². The van der Waals surface area contributed by atoms with Gasteiger partial charge in [-0.15, -0.1) is 0 Å². The van der Waals surface area contributed by atoms with Crippen LogP contribution in [0.25, 0.3) is 0 Å². The van der Waals surface area contributed by atoms with Crippen molar-refractivity contribution >= 4 is 39.1 Å². The molecule has 1 aliphatic rings. The maximum Gasteiger partial charge on any atom is 0.257 e. The average Bonchev–Trinajstić information content (AvgIpc) is 3.18. The lowest BCUT2D eigenvalue weighted by Gasteiger charge is -2.23. The van der Waals surface area contributed by atoms with Gasteiger partial charge in [0.1, 0.15) is 4.90 Å². The average molecular weight is 351 g/mol. The van der Waals surface area contributed by atoms with E-state index in [0.717, 1.165) is 19.3 Å². The van der Waals surface area contributed by atoms with Gasteiger partial charge in [0.25, 0.3) is 5.91 Å². The molecule has 5 nitrogen and oxygen atoms in total. The van der Waals surface area contributed by atoms with Crippen LogP contribution in [0.2, 0.25) is 10.0 Å². The Morgan fingerprint density at radius 1 is 1.38 bits per heavy atom. The predicted molar refractivity (Wildman–Crippen MR) is 82.2 cm³/mol. The number of primary sulfonamides is 1. The van der Waals surface area contributed by atoms with Crippen LogP contribution in [-0.4, -0.2) is 31.8 Å². The number of benzene rings is 1. The van der Waals surface area contributed by atoms with Gasteiger partial charge in [0.2, 0.25) is 10.0 Å². The van der Waals surface area contributed by atoms with Gasteiger partial charge in [-0.2, -0.15) is 0 Å². The number of sulfonamides is 1. The normalized spacial score (nSPS) is 15.0. The number of carbonyl (C=O) groups is 1. The molecule has 1 aliphatic carbocycles. The number of nitrogens with two attached hydrogens (primary N) is 1. The number of nitrogens with zero attached hydrogens (tertiary/aromatic N) is 1. The quantitative estimate of drug-likeness (QED) is 0.886. The lowest BCUT2D eigenvalue weighted by molar-refractivity contribution is 0.0743. The first-order chi connectivity index (χ1) is 9.77. The van der Waals surface area contributed by atoms with Crippen molar-refractivity contribution in [1.82, 2.24) is 4.90 Å². The van der Waals surface area contributed by atoms with E-state index < -0.39 is 10.0 Å². The van der Waals surface area contributed by atoms with E-state index in [2.05, 4.69) is 0 Å². The summed E-state index contributed by atoms with van der Waals surface area (Å²) in [4.78, 5) is 14.1. The van der Waals surface area contributed by atoms with Gasteiger partial charge in [0.05, 0.1) is 15.6 Å². The Bertz CT molecular complexity index is 672. The molecule has 0 atom stereocenters. The molecule has 0 unspecified atom stereocenters. The highest BCUT2D eigenvalue weighted by molar-refractivity contribution is 7.89. The van der Waals surface area contributed by atoms with Crippen molar-refractivity contribution in [3.8, 4) is 0 Å². The van der Waals surface area contributed by atoms with E-state index in [-0.39, 0.29) is 32.5 Å². The van der Waals surface area contributed by atoms with E-state index in [1.165, 1.54) is 12.1 Å². The fraction of sp³-hybridized carbons (Fsp3) is 0.462. The van der Waals surface area contributed by atoms with Crippen LogP contribution >= 0.6 is 23.2 Å². The summed E-state index contributed by atoms with van der Waals surface area (Å²) in [7, 11) is -4.01. The van der Waals surface area contributed by atoms with Gasteiger partial charge in [0, 0.05) is 12.6 Å². The Balaban J connectivity index is 2.49. The molecule has 1 fully saturated rings. The molecule has 0 saturated heterocycles. The topological polar surface area (TPSA) is 80.5 Å². The molecular formula is C13H16Cl2N2O3S. The van der Waals surface area contributed by atoms with Crippen LogP contribution in [0.15, 0.2) is 17.0 Å². The molecule has 0 aromatic heterocycles. The van der Waals surface area contributed by atoms with Crippen LogP contribution < -0.4 is 5.14 Å². The zero-order chi connectivity index (χ0) is 15.8. The Morgan fingerprint density at radius 3 is 2.48 bits per heavy atom. The minimum atomic E-state index is -4.01. The van der Waals surface area contributed by atoms with E-state index in [1.54, 1.807) is 4.90 Å². The molecular weight excluding hydrogens is 335 g/mol. The van der Waals surface area contributed by atoms with Crippen molar-refractivity contribution in [3.63, 3.8) is 0 Å². The van der Waals surface area contributed by atoms with E-state index >= 15 is 0 Å². The van der Waals surface area contributed by atoms with Gasteiger partial charge in [-0.05, 0) is 31.4 Å². The van der Waals surface area contributed by atoms with Crippen molar-refractivity contribution in [2.24, 2.45) is 5.14 Å². The summed E-state index contributed by atoms with van der Waals surface area (Å²) in [6.45, 7) is 2.54.